The van der Waals surface area contributed by atoms with E-state index in [1.165, 1.54) is 12.8 Å². The second-order valence-electron chi connectivity index (χ2n) is 2.39. The van der Waals surface area contributed by atoms with Crippen LogP contribution >= 0.6 is 0 Å². The molecule has 1 aliphatic carbocycles. The minimum absolute atomic E-state index is 0.0671. The van der Waals surface area contributed by atoms with Gasteiger partial charge in [-0.25, -0.2) is 0 Å². The van der Waals surface area contributed by atoms with Crippen molar-refractivity contribution in [3.05, 3.63) is 31.6 Å². The van der Waals surface area contributed by atoms with Gasteiger partial charge in [0.25, 0.3) is 0 Å². The quantitative estimate of drug-likeness (QED) is 0.595. The standard InChI is InChI=1S/C8H7F2O/c1-8(9,10)7(11)6-4-2-3-5-6/h2-5H,1H3. The summed E-state index contributed by atoms with van der Waals surface area (Å²) in [6.07, 6.45) is 5.86. The molecule has 5 radical (unpaired) electrons. The Bertz CT molecular complexity index is 154. The fourth-order valence-corrected chi connectivity index (χ4v) is 0.779. The molecule has 0 unspecified atom stereocenters. The number of ketones is 1. The summed E-state index contributed by atoms with van der Waals surface area (Å²) < 4.78 is 24.7. The third kappa shape index (κ3) is 1.98. The lowest BCUT2D eigenvalue weighted by Crippen LogP contribution is -2.29. The Hall–Kier alpha value is -0.470. The fourth-order valence-electron chi connectivity index (χ4n) is 0.779. The lowest BCUT2D eigenvalue weighted by molar-refractivity contribution is -0.137. The van der Waals surface area contributed by atoms with Crippen LogP contribution in [0.3, 0.4) is 0 Å². The third-order valence-electron chi connectivity index (χ3n) is 1.32. The lowest BCUT2D eigenvalue weighted by atomic mass is 9.99. The van der Waals surface area contributed by atoms with Crippen LogP contribution in [0.5, 0.6) is 0 Å². The number of hydrogen-bond donors (Lipinski definition) is 0. The Labute approximate surface area is 64.8 Å². The summed E-state index contributed by atoms with van der Waals surface area (Å²) in [5.41, 5.74) is 0. The van der Waals surface area contributed by atoms with Gasteiger partial charge in [-0.15, -0.1) is 0 Å². The molecule has 0 spiro atoms. The van der Waals surface area contributed by atoms with Gasteiger partial charge < -0.3 is 0 Å². The van der Waals surface area contributed by atoms with Gasteiger partial charge in [-0.3, -0.25) is 4.79 Å². The van der Waals surface area contributed by atoms with Crippen LogP contribution in [-0.2, 0) is 4.79 Å². The number of halogens is 2. The van der Waals surface area contributed by atoms with E-state index in [9.17, 15) is 13.6 Å². The van der Waals surface area contributed by atoms with Crippen molar-refractivity contribution in [3.63, 3.8) is 0 Å². The molecular weight excluding hydrogens is 150 g/mol. The largest absolute Gasteiger partial charge is 0.303 e. The van der Waals surface area contributed by atoms with Crippen molar-refractivity contribution in [2.45, 2.75) is 12.8 Å². The van der Waals surface area contributed by atoms with E-state index in [0.29, 0.717) is 6.92 Å². The van der Waals surface area contributed by atoms with Gasteiger partial charge in [-0.05, 0) is 25.7 Å². The topological polar surface area (TPSA) is 17.1 Å². The van der Waals surface area contributed by atoms with Crippen LogP contribution in [-0.4, -0.2) is 11.7 Å². The lowest BCUT2D eigenvalue weighted by Gasteiger charge is -2.12. The van der Waals surface area contributed by atoms with Crippen LogP contribution in [0.1, 0.15) is 6.92 Å². The highest BCUT2D eigenvalue weighted by Crippen LogP contribution is 2.30. The van der Waals surface area contributed by atoms with Gasteiger partial charge in [0.05, 0.1) is 5.92 Å². The number of Topliss-reactive ketones (excluding diaryl/α,β-unsaturated/α-hetero) is 1. The van der Waals surface area contributed by atoms with Crippen LogP contribution < -0.4 is 0 Å². The minimum Gasteiger partial charge on any atom is -0.292 e. The van der Waals surface area contributed by atoms with Crippen molar-refractivity contribution in [1.82, 2.24) is 0 Å². The van der Waals surface area contributed by atoms with Crippen molar-refractivity contribution in [1.29, 1.82) is 0 Å². The van der Waals surface area contributed by atoms with Gasteiger partial charge in [0.2, 0.25) is 5.78 Å². The fraction of sp³-hybridized carbons (Fsp3) is 0.250. The van der Waals surface area contributed by atoms with Crippen molar-refractivity contribution in [3.8, 4) is 0 Å². The molecule has 1 aliphatic rings. The van der Waals surface area contributed by atoms with E-state index in [4.69, 9.17) is 0 Å². The van der Waals surface area contributed by atoms with Crippen LogP contribution in [0, 0.1) is 31.6 Å². The van der Waals surface area contributed by atoms with E-state index in [-0.39, 0.29) is 5.92 Å². The summed E-state index contributed by atoms with van der Waals surface area (Å²) in [5, 5.41) is 0. The number of rotatable bonds is 2. The maximum atomic E-state index is 12.3. The average molecular weight is 157 g/mol. The molecule has 3 heteroatoms. The molecular formula is C8H7F2O. The number of carbonyl (C=O) groups excluding carboxylic acids is 1. The Kier molecular flexibility index (Phi) is 2.25. The molecule has 0 aromatic rings. The molecule has 0 N–H and O–H groups in total. The predicted octanol–water partition coefficient (Wildman–Crippen LogP) is 1.62. The molecule has 0 saturated heterocycles. The summed E-state index contributed by atoms with van der Waals surface area (Å²) >= 11 is 0. The summed E-state index contributed by atoms with van der Waals surface area (Å²) in [7, 11) is 0. The highest BCUT2D eigenvalue weighted by molar-refractivity contribution is 6.02. The van der Waals surface area contributed by atoms with Gasteiger partial charge >= 0.3 is 5.92 Å². The average Bonchev–Trinajstić information content (AvgIpc) is 2.34. The molecule has 1 fully saturated rings. The first-order chi connectivity index (χ1) is 5.02. The molecule has 0 aromatic carbocycles. The molecule has 0 amide bonds. The molecule has 1 saturated carbocycles. The van der Waals surface area contributed by atoms with Crippen LogP contribution in [0.2, 0.25) is 0 Å². The second kappa shape index (κ2) is 2.88. The van der Waals surface area contributed by atoms with Crippen molar-refractivity contribution < 1.29 is 13.6 Å². The van der Waals surface area contributed by atoms with Gasteiger partial charge in [0.15, 0.2) is 0 Å². The first kappa shape index (κ1) is 8.62. The van der Waals surface area contributed by atoms with E-state index in [0.717, 1.165) is 0 Å². The van der Waals surface area contributed by atoms with Crippen LogP contribution in [0.4, 0.5) is 8.78 Å². The molecule has 0 aromatic heterocycles. The Morgan fingerprint density at radius 1 is 1.36 bits per heavy atom. The minimum atomic E-state index is -3.26. The highest BCUT2D eigenvalue weighted by Gasteiger charge is 2.39. The van der Waals surface area contributed by atoms with E-state index >= 15 is 0 Å². The molecule has 0 bridgehead atoms. The monoisotopic (exact) mass is 157 g/mol. The number of hydrogen-bond acceptors (Lipinski definition) is 1. The maximum Gasteiger partial charge on any atom is 0.303 e. The van der Waals surface area contributed by atoms with E-state index in [1.54, 1.807) is 12.8 Å². The molecule has 0 atom stereocenters. The van der Waals surface area contributed by atoms with Crippen LogP contribution in [0.15, 0.2) is 0 Å². The smallest absolute Gasteiger partial charge is 0.292 e. The maximum absolute atomic E-state index is 12.3. The molecule has 59 valence electrons. The summed E-state index contributed by atoms with van der Waals surface area (Å²) in [4.78, 5) is 10.8. The van der Waals surface area contributed by atoms with Gasteiger partial charge in [0, 0.05) is 6.92 Å². The van der Waals surface area contributed by atoms with Gasteiger partial charge in [-0.2, -0.15) is 8.78 Å². The van der Waals surface area contributed by atoms with Gasteiger partial charge in [0.1, 0.15) is 0 Å². The zero-order valence-electron chi connectivity index (χ0n) is 5.97. The van der Waals surface area contributed by atoms with E-state index in [2.05, 4.69) is 0 Å². The highest BCUT2D eigenvalue weighted by atomic mass is 19.3. The zero-order chi connectivity index (χ0) is 8.48. The zero-order valence-corrected chi connectivity index (χ0v) is 5.97. The Morgan fingerprint density at radius 2 is 1.82 bits per heavy atom. The second-order valence-corrected chi connectivity index (χ2v) is 2.39. The van der Waals surface area contributed by atoms with Crippen molar-refractivity contribution in [2.75, 3.05) is 0 Å². The SMILES string of the molecule is CC(F)(F)C(=O)[C]1[CH][CH][CH][CH]1. The van der Waals surface area contributed by atoms with E-state index < -0.39 is 11.7 Å². The van der Waals surface area contributed by atoms with Crippen molar-refractivity contribution in [2.24, 2.45) is 0 Å². The predicted molar refractivity (Wildman–Crippen MR) is 36.1 cm³/mol. The first-order valence-electron chi connectivity index (χ1n) is 3.16. The first-order valence-corrected chi connectivity index (χ1v) is 3.16. The molecule has 1 rings (SSSR count). The summed E-state index contributed by atoms with van der Waals surface area (Å²) in [6, 6.07) is 0. The molecule has 0 heterocycles. The summed E-state index contributed by atoms with van der Waals surface area (Å²) in [6.45, 7) is 0.600. The van der Waals surface area contributed by atoms with E-state index in [1.807, 2.05) is 0 Å². The van der Waals surface area contributed by atoms with Crippen molar-refractivity contribution >= 4 is 5.78 Å². The Morgan fingerprint density at radius 3 is 2.18 bits per heavy atom. The molecule has 0 aliphatic heterocycles. The number of carbonyl (C=O) groups is 1. The number of alkyl halides is 2. The molecule has 11 heavy (non-hydrogen) atoms. The Balaban J connectivity index is 2.53. The normalized spacial score (nSPS) is 20.6. The van der Waals surface area contributed by atoms with Gasteiger partial charge in [-0.1, -0.05) is 0 Å². The van der Waals surface area contributed by atoms with Crippen LogP contribution in [0.25, 0.3) is 0 Å². The molecule has 1 nitrogen and oxygen atoms in total. The summed E-state index contributed by atoms with van der Waals surface area (Å²) in [5.74, 6) is -4.31. The third-order valence-corrected chi connectivity index (χ3v) is 1.32.